The van der Waals surface area contributed by atoms with Gasteiger partial charge in [0.05, 0.1) is 15.2 Å². The highest BCUT2D eigenvalue weighted by atomic mass is 32.1. The number of esters is 1. The van der Waals surface area contributed by atoms with Crippen LogP contribution in [0.1, 0.15) is 30.8 Å². The minimum Gasteiger partial charge on any atom is -0.449 e. The molecule has 1 aromatic heterocycles. The van der Waals surface area contributed by atoms with Crippen LogP contribution in [0.15, 0.2) is 60.7 Å². The van der Waals surface area contributed by atoms with Gasteiger partial charge in [0.2, 0.25) is 0 Å². The van der Waals surface area contributed by atoms with Gasteiger partial charge in [0.1, 0.15) is 0 Å². The standard InChI is InChI=1S/C22H22N2O3S/c1-3-4-9-21(25)27-15(2)22(26)23-17-12-10-16(11-13-17)14-20-24-18-7-5-6-8-19(18)28-20/h4-13,15H,3,14H2,1-2H3,(H,23,26)/b9-4+/t15-/m1/s1. The average Bonchev–Trinajstić information content (AvgIpc) is 3.10. The number of carbonyl (C=O) groups is 2. The van der Waals surface area contributed by atoms with E-state index in [-0.39, 0.29) is 5.91 Å². The van der Waals surface area contributed by atoms with Crippen molar-refractivity contribution in [2.24, 2.45) is 0 Å². The van der Waals surface area contributed by atoms with Crippen LogP contribution in [0.25, 0.3) is 10.2 Å². The lowest BCUT2D eigenvalue weighted by Crippen LogP contribution is -2.29. The number of ether oxygens (including phenoxy) is 1. The Kier molecular flexibility index (Phi) is 6.55. The summed E-state index contributed by atoms with van der Waals surface area (Å²) >= 11 is 1.69. The van der Waals surface area contributed by atoms with Gasteiger partial charge in [-0.3, -0.25) is 4.79 Å². The summed E-state index contributed by atoms with van der Waals surface area (Å²) in [7, 11) is 0. The molecular formula is C22H22N2O3S. The van der Waals surface area contributed by atoms with Crippen molar-refractivity contribution in [3.63, 3.8) is 0 Å². The third kappa shape index (κ3) is 5.27. The number of allylic oxidation sites excluding steroid dienone is 1. The molecule has 2 aromatic carbocycles. The number of rotatable bonds is 7. The van der Waals surface area contributed by atoms with Gasteiger partial charge in [0.25, 0.3) is 5.91 Å². The minimum atomic E-state index is -0.864. The number of benzene rings is 2. The smallest absolute Gasteiger partial charge is 0.331 e. The van der Waals surface area contributed by atoms with Gasteiger partial charge in [0.15, 0.2) is 6.10 Å². The van der Waals surface area contributed by atoms with E-state index in [2.05, 4.69) is 16.4 Å². The minimum absolute atomic E-state index is 0.364. The fourth-order valence-corrected chi connectivity index (χ4v) is 3.60. The first kappa shape index (κ1) is 19.8. The fraction of sp³-hybridized carbons (Fsp3) is 0.227. The van der Waals surface area contributed by atoms with Crippen molar-refractivity contribution >= 4 is 39.1 Å². The van der Waals surface area contributed by atoms with Gasteiger partial charge in [-0.25, -0.2) is 9.78 Å². The average molecular weight is 394 g/mol. The molecule has 0 unspecified atom stereocenters. The first-order valence-corrected chi connectivity index (χ1v) is 9.98. The molecule has 28 heavy (non-hydrogen) atoms. The Morgan fingerprint density at radius 2 is 1.93 bits per heavy atom. The molecule has 6 heteroatoms. The van der Waals surface area contributed by atoms with Crippen molar-refractivity contribution in [2.45, 2.75) is 32.8 Å². The Hall–Kier alpha value is -2.99. The number of hydrogen-bond donors (Lipinski definition) is 1. The van der Waals surface area contributed by atoms with Crippen molar-refractivity contribution in [3.8, 4) is 0 Å². The lowest BCUT2D eigenvalue weighted by Gasteiger charge is -2.12. The van der Waals surface area contributed by atoms with Gasteiger partial charge in [0, 0.05) is 18.2 Å². The lowest BCUT2D eigenvalue weighted by molar-refractivity contribution is -0.148. The van der Waals surface area contributed by atoms with E-state index in [0.717, 1.165) is 28.9 Å². The molecular weight excluding hydrogens is 372 g/mol. The Labute approximate surface area is 168 Å². The summed E-state index contributed by atoms with van der Waals surface area (Å²) in [5.74, 6) is -0.882. The van der Waals surface area contributed by atoms with Crippen LogP contribution in [-0.4, -0.2) is 23.0 Å². The number of fused-ring (bicyclic) bond motifs is 1. The second-order valence-corrected chi connectivity index (χ2v) is 7.44. The van der Waals surface area contributed by atoms with E-state index in [4.69, 9.17) is 4.74 Å². The third-order valence-corrected chi connectivity index (χ3v) is 5.10. The lowest BCUT2D eigenvalue weighted by atomic mass is 10.1. The first-order chi connectivity index (χ1) is 13.5. The first-order valence-electron chi connectivity index (χ1n) is 9.16. The van der Waals surface area contributed by atoms with Crippen LogP contribution in [0.4, 0.5) is 5.69 Å². The normalized spacial score (nSPS) is 12.2. The van der Waals surface area contributed by atoms with Crippen molar-refractivity contribution < 1.29 is 14.3 Å². The Morgan fingerprint density at radius 1 is 1.18 bits per heavy atom. The molecule has 0 saturated carbocycles. The van der Waals surface area contributed by atoms with Crippen LogP contribution in [0.2, 0.25) is 0 Å². The molecule has 5 nitrogen and oxygen atoms in total. The Balaban J connectivity index is 1.57. The Morgan fingerprint density at radius 3 is 2.64 bits per heavy atom. The molecule has 0 aliphatic heterocycles. The Bertz CT molecular complexity index is 959. The topological polar surface area (TPSA) is 68.3 Å². The molecule has 0 bridgehead atoms. The van der Waals surface area contributed by atoms with Crippen molar-refractivity contribution in [3.05, 3.63) is 71.3 Å². The summed E-state index contributed by atoms with van der Waals surface area (Å²) in [5.41, 5.74) is 2.79. The number of aromatic nitrogens is 1. The van der Waals surface area contributed by atoms with Gasteiger partial charge in [-0.2, -0.15) is 0 Å². The van der Waals surface area contributed by atoms with Gasteiger partial charge < -0.3 is 10.1 Å². The van der Waals surface area contributed by atoms with Gasteiger partial charge in [-0.15, -0.1) is 11.3 Å². The van der Waals surface area contributed by atoms with E-state index in [1.54, 1.807) is 24.3 Å². The zero-order valence-electron chi connectivity index (χ0n) is 15.8. The molecule has 0 radical (unpaired) electrons. The number of carbonyl (C=O) groups excluding carboxylic acids is 2. The predicted octanol–water partition coefficient (Wildman–Crippen LogP) is 4.72. The highest BCUT2D eigenvalue weighted by Crippen LogP contribution is 2.24. The van der Waals surface area contributed by atoms with Crippen molar-refractivity contribution in [2.75, 3.05) is 5.32 Å². The number of para-hydroxylation sites is 1. The second kappa shape index (κ2) is 9.28. The van der Waals surface area contributed by atoms with Gasteiger partial charge in [-0.1, -0.05) is 37.3 Å². The molecule has 1 heterocycles. The van der Waals surface area contributed by atoms with Crippen LogP contribution in [0, 0.1) is 0 Å². The maximum Gasteiger partial charge on any atom is 0.331 e. The SMILES string of the molecule is CC/C=C/C(=O)O[C@H](C)C(=O)Nc1ccc(Cc2nc3ccccc3s2)cc1. The molecule has 144 valence electrons. The number of amides is 1. The van der Waals surface area contributed by atoms with E-state index >= 15 is 0 Å². The predicted molar refractivity (Wildman–Crippen MR) is 112 cm³/mol. The summed E-state index contributed by atoms with van der Waals surface area (Å²) in [4.78, 5) is 28.4. The zero-order chi connectivity index (χ0) is 19.9. The molecule has 1 amide bonds. The number of nitrogens with one attached hydrogen (secondary N) is 1. The summed E-state index contributed by atoms with van der Waals surface area (Å²) in [6.07, 6.45) is 3.64. The summed E-state index contributed by atoms with van der Waals surface area (Å²) < 4.78 is 6.25. The summed E-state index contributed by atoms with van der Waals surface area (Å²) in [6, 6.07) is 15.7. The second-order valence-electron chi connectivity index (χ2n) is 6.33. The molecule has 0 saturated heterocycles. The van der Waals surface area contributed by atoms with Crippen molar-refractivity contribution in [1.29, 1.82) is 0 Å². The maximum absolute atomic E-state index is 12.2. The molecule has 0 aliphatic carbocycles. The van der Waals surface area contributed by atoms with Crippen LogP contribution in [0.5, 0.6) is 0 Å². The number of hydrogen-bond acceptors (Lipinski definition) is 5. The largest absolute Gasteiger partial charge is 0.449 e. The van der Waals surface area contributed by atoms with Gasteiger partial charge in [-0.05, 0) is 43.2 Å². The van der Waals surface area contributed by atoms with E-state index in [1.807, 2.05) is 49.4 Å². The van der Waals surface area contributed by atoms with Gasteiger partial charge >= 0.3 is 5.97 Å². The molecule has 3 aromatic rings. The highest BCUT2D eigenvalue weighted by Gasteiger charge is 2.16. The number of thiazole rings is 1. The molecule has 1 N–H and O–H groups in total. The van der Waals surface area contributed by atoms with E-state index < -0.39 is 12.1 Å². The van der Waals surface area contributed by atoms with E-state index in [9.17, 15) is 9.59 Å². The zero-order valence-corrected chi connectivity index (χ0v) is 16.7. The molecule has 0 fully saturated rings. The summed E-state index contributed by atoms with van der Waals surface area (Å²) in [6.45, 7) is 3.47. The third-order valence-electron chi connectivity index (χ3n) is 4.07. The summed E-state index contributed by atoms with van der Waals surface area (Å²) in [5, 5.41) is 3.82. The fourth-order valence-electron chi connectivity index (χ4n) is 2.60. The van der Waals surface area contributed by atoms with Crippen LogP contribution in [0.3, 0.4) is 0 Å². The van der Waals surface area contributed by atoms with E-state index in [1.165, 1.54) is 10.8 Å². The van der Waals surface area contributed by atoms with Crippen LogP contribution >= 0.6 is 11.3 Å². The maximum atomic E-state index is 12.2. The van der Waals surface area contributed by atoms with Crippen LogP contribution in [-0.2, 0) is 20.7 Å². The van der Waals surface area contributed by atoms with Crippen LogP contribution < -0.4 is 5.32 Å². The molecule has 0 aliphatic rings. The number of nitrogens with zero attached hydrogens (tertiary/aromatic N) is 1. The molecule has 0 spiro atoms. The molecule has 3 rings (SSSR count). The number of anilines is 1. The molecule has 1 atom stereocenters. The van der Waals surface area contributed by atoms with E-state index in [0.29, 0.717) is 5.69 Å². The van der Waals surface area contributed by atoms with Crippen molar-refractivity contribution in [1.82, 2.24) is 4.98 Å². The monoisotopic (exact) mass is 394 g/mol. The highest BCUT2D eigenvalue weighted by molar-refractivity contribution is 7.18. The quantitative estimate of drug-likeness (QED) is 0.465.